The third-order valence-electron chi connectivity index (χ3n) is 1.40. The highest BCUT2D eigenvalue weighted by Crippen LogP contribution is 2.13. The molecule has 10 nitrogen and oxygen atoms in total. The van der Waals surface area contributed by atoms with E-state index in [0.717, 1.165) is 34.2 Å². The fourth-order valence-corrected chi connectivity index (χ4v) is 4.67. The first-order valence-electron chi connectivity index (χ1n) is 3.92. The topological polar surface area (TPSA) is 195 Å². The molecule has 0 aliphatic rings. The van der Waals surface area contributed by atoms with Crippen LogP contribution in [0.4, 0.5) is 0 Å². The molecular formula is C6N6O4SSi2. The van der Waals surface area contributed by atoms with E-state index in [1.54, 1.807) is 0 Å². The minimum Gasteiger partial charge on any atom is -0.248 e. The van der Waals surface area contributed by atoms with Gasteiger partial charge in [0.25, 0.3) is 0 Å². The van der Waals surface area contributed by atoms with Gasteiger partial charge in [0, 0.05) is 0 Å². The average molecular weight is 308 g/mol. The molecule has 0 bridgehead atoms. The summed E-state index contributed by atoms with van der Waals surface area (Å²) in [5.41, 5.74) is 6.68. The van der Waals surface area contributed by atoms with Crippen molar-refractivity contribution in [3.63, 3.8) is 0 Å². The van der Waals surface area contributed by atoms with E-state index in [2.05, 4.69) is 7.74 Å². The van der Waals surface area contributed by atoms with E-state index in [4.69, 9.17) is 31.6 Å². The second kappa shape index (κ2) is 5.72. The number of hydrogen-bond acceptors (Lipinski definition) is 10. The van der Waals surface area contributed by atoms with Gasteiger partial charge in [-0.2, -0.15) is 8.42 Å². The third kappa shape index (κ3) is 3.60. The number of nitriles is 6. The Morgan fingerprint density at radius 2 is 0.842 bits per heavy atom. The van der Waals surface area contributed by atoms with Crippen LogP contribution >= 0.6 is 0 Å². The fraction of sp³-hybridized carbons (Fsp3) is 0. The minimum atomic E-state index is -5.18. The van der Waals surface area contributed by atoms with Gasteiger partial charge < -0.3 is 0 Å². The first-order valence-corrected chi connectivity index (χ1v) is 9.07. The molecule has 19 heavy (non-hydrogen) atoms. The highest BCUT2D eigenvalue weighted by Gasteiger charge is 2.50. The lowest BCUT2D eigenvalue weighted by molar-refractivity contribution is 0.400. The lowest BCUT2D eigenvalue weighted by Crippen LogP contribution is -2.43. The maximum absolute atomic E-state index is 11.3. The van der Waals surface area contributed by atoms with E-state index >= 15 is 0 Å². The molecule has 13 heteroatoms. The van der Waals surface area contributed by atoms with Gasteiger partial charge in [-0.3, -0.25) is 0 Å². The number of rotatable bonds is 4. The van der Waals surface area contributed by atoms with Crippen molar-refractivity contribution in [1.29, 1.82) is 31.6 Å². The molecule has 0 aliphatic carbocycles. The van der Waals surface area contributed by atoms with Gasteiger partial charge in [0.1, 0.15) is 0 Å². The molecule has 0 saturated carbocycles. The first kappa shape index (κ1) is 16.2. The molecule has 0 fully saturated rings. The molecule has 0 unspecified atom stereocenters. The Bertz CT molecular complexity index is 605. The average Bonchev–Trinajstić information content (AvgIpc) is 2.42. The molecule has 0 radical (unpaired) electrons. The van der Waals surface area contributed by atoms with Crippen molar-refractivity contribution in [2.45, 2.75) is 0 Å². The predicted octanol–water partition coefficient (Wildman–Crippen LogP) is -1.47. The van der Waals surface area contributed by atoms with Crippen molar-refractivity contribution in [2.24, 2.45) is 0 Å². The maximum atomic E-state index is 11.3. The van der Waals surface area contributed by atoms with Crippen LogP contribution in [0.15, 0.2) is 0 Å². The molecule has 0 aliphatic heterocycles. The second-order valence-corrected chi connectivity index (χ2v) is 8.82. The predicted molar refractivity (Wildman–Crippen MR) is 56.3 cm³/mol. The highest BCUT2D eigenvalue weighted by atomic mass is 32.3. The van der Waals surface area contributed by atoms with E-state index in [1.807, 2.05) is 0 Å². The maximum Gasteiger partial charge on any atom is 0.536 e. The molecule has 0 amide bonds. The van der Waals surface area contributed by atoms with Gasteiger partial charge in [-0.25, -0.2) is 39.3 Å². The SMILES string of the molecule is N#C[Si](C#N)(C#N)OS(=O)(=O)O[Si](C#N)(C#N)C#N. The molecule has 0 spiro atoms. The van der Waals surface area contributed by atoms with Crippen LogP contribution in [-0.2, 0) is 18.1 Å². The summed E-state index contributed by atoms with van der Waals surface area (Å²) in [5.74, 6) is 0. The summed E-state index contributed by atoms with van der Waals surface area (Å²) in [6.45, 7) is 0. The molecule has 0 aromatic heterocycles. The highest BCUT2D eigenvalue weighted by molar-refractivity contribution is 7.84. The summed E-state index contributed by atoms with van der Waals surface area (Å²) in [6, 6.07) is 0. The summed E-state index contributed by atoms with van der Waals surface area (Å²) in [4.78, 5) is 0. The summed E-state index contributed by atoms with van der Waals surface area (Å²) in [7, 11) is -14.4. The Kier molecular flexibility index (Phi) is 4.89. The Hall–Kier alpha value is -2.76. The molecule has 0 aromatic carbocycles. The van der Waals surface area contributed by atoms with Crippen molar-refractivity contribution < 1.29 is 16.2 Å². The van der Waals surface area contributed by atoms with Gasteiger partial charge in [0.2, 0.25) is 0 Å². The monoisotopic (exact) mass is 308 g/mol. The van der Waals surface area contributed by atoms with Crippen LogP contribution in [0.1, 0.15) is 0 Å². The molecule has 0 rings (SSSR count). The number of nitrogens with zero attached hydrogens (tertiary/aromatic N) is 6. The van der Waals surface area contributed by atoms with Crippen molar-refractivity contribution in [3.05, 3.63) is 0 Å². The van der Waals surface area contributed by atoms with Gasteiger partial charge in [-0.05, 0) is 0 Å². The molecule has 92 valence electrons. The van der Waals surface area contributed by atoms with Gasteiger partial charge in [-0.1, -0.05) is 0 Å². The largest absolute Gasteiger partial charge is 0.536 e. The van der Waals surface area contributed by atoms with Crippen LogP contribution in [0.3, 0.4) is 0 Å². The molecule has 0 atom stereocenters. The molecule has 0 aromatic rings. The smallest absolute Gasteiger partial charge is 0.248 e. The van der Waals surface area contributed by atoms with Crippen LogP contribution in [-0.4, -0.2) is 25.1 Å². The Balaban J connectivity index is 5.55. The second-order valence-electron chi connectivity index (χ2n) is 2.61. The number of hydrogen-bond donors (Lipinski definition) is 0. The summed E-state index contributed by atoms with van der Waals surface area (Å²) in [5, 5.41) is 51.3. The van der Waals surface area contributed by atoms with E-state index < -0.39 is 27.0 Å². The third-order valence-corrected chi connectivity index (χ3v) is 6.92. The van der Waals surface area contributed by atoms with Crippen LogP contribution in [0.5, 0.6) is 0 Å². The van der Waals surface area contributed by atoms with Gasteiger partial charge in [0.15, 0.2) is 0 Å². The minimum absolute atomic E-state index is 1.11. The zero-order valence-electron chi connectivity index (χ0n) is 8.72. The summed E-state index contributed by atoms with van der Waals surface area (Å²) >= 11 is 0. The Morgan fingerprint density at radius 1 is 0.632 bits per heavy atom. The Labute approximate surface area is 109 Å². The van der Waals surface area contributed by atoms with Gasteiger partial charge in [0.05, 0.1) is 34.2 Å². The van der Waals surface area contributed by atoms with Crippen LogP contribution in [0.2, 0.25) is 0 Å². The first-order chi connectivity index (χ1) is 8.78. The normalized spacial score (nSPS) is 10.6. The van der Waals surface area contributed by atoms with E-state index in [-0.39, 0.29) is 0 Å². The van der Waals surface area contributed by atoms with Gasteiger partial charge in [-0.15, -0.1) is 0 Å². The fourth-order valence-electron chi connectivity index (χ4n) is 0.585. The van der Waals surface area contributed by atoms with Crippen molar-refractivity contribution >= 4 is 27.0 Å². The molecule has 0 saturated heterocycles. The van der Waals surface area contributed by atoms with E-state index in [9.17, 15) is 8.42 Å². The van der Waals surface area contributed by atoms with Crippen LogP contribution in [0.25, 0.3) is 0 Å². The zero-order valence-corrected chi connectivity index (χ0v) is 11.5. The molecule has 0 N–H and O–H groups in total. The zero-order chi connectivity index (χ0) is 15.2. The van der Waals surface area contributed by atoms with Crippen LogP contribution in [0, 0.1) is 65.7 Å². The van der Waals surface area contributed by atoms with Gasteiger partial charge >= 0.3 is 27.0 Å². The van der Waals surface area contributed by atoms with Crippen LogP contribution < -0.4 is 0 Å². The standard InChI is InChI=1S/C6N6O4SSi2/c7-1-18(2-8,3-9)15-17(13,14)16-19(4-10,5-11)6-12. The lowest BCUT2D eigenvalue weighted by Gasteiger charge is -2.11. The van der Waals surface area contributed by atoms with E-state index in [1.165, 1.54) is 0 Å². The van der Waals surface area contributed by atoms with Crippen molar-refractivity contribution in [3.8, 4) is 34.2 Å². The summed E-state index contributed by atoms with van der Waals surface area (Å²) in [6.07, 6.45) is 0. The van der Waals surface area contributed by atoms with Crippen molar-refractivity contribution in [2.75, 3.05) is 0 Å². The van der Waals surface area contributed by atoms with E-state index in [0.29, 0.717) is 0 Å². The Morgan fingerprint density at radius 3 is 1.00 bits per heavy atom. The lowest BCUT2D eigenvalue weighted by atomic mass is 11.7. The summed E-state index contributed by atoms with van der Waals surface area (Å²) < 4.78 is 30.7. The molecule has 0 heterocycles. The quantitative estimate of drug-likeness (QED) is 0.552. The van der Waals surface area contributed by atoms with Crippen molar-refractivity contribution in [1.82, 2.24) is 0 Å². The molecular weight excluding hydrogens is 308 g/mol.